The maximum Gasteiger partial charge on any atom is 0.319 e. The van der Waals surface area contributed by atoms with Crippen LogP contribution in [-0.2, 0) is 21.2 Å². The van der Waals surface area contributed by atoms with E-state index in [-0.39, 0.29) is 35.4 Å². The van der Waals surface area contributed by atoms with E-state index in [9.17, 15) is 18.0 Å². The van der Waals surface area contributed by atoms with Gasteiger partial charge in [0.05, 0.1) is 11.0 Å². The van der Waals surface area contributed by atoms with Crippen molar-refractivity contribution in [2.75, 3.05) is 11.1 Å². The van der Waals surface area contributed by atoms with Crippen LogP contribution in [0.2, 0.25) is 0 Å². The number of rotatable bonds is 8. The molecule has 7 nitrogen and oxygen atoms in total. The van der Waals surface area contributed by atoms with Crippen molar-refractivity contribution in [3.8, 4) is 0 Å². The molecular weight excluding hydrogens is 366 g/mol. The van der Waals surface area contributed by atoms with Gasteiger partial charge >= 0.3 is 6.03 Å². The summed E-state index contributed by atoms with van der Waals surface area (Å²) >= 11 is 0. The number of carbonyl (C=O) groups excluding carboxylic acids is 2. The van der Waals surface area contributed by atoms with Gasteiger partial charge in [-0.1, -0.05) is 25.0 Å². The normalized spacial score (nSPS) is 14.9. The van der Waals surface area contributed by atoms with Crippen molar-refractivity contribution in [2.24, 2.45) is 0 Å². The number of urea groups is 1. The lowest BCUT2D eigenvalue weighted by molar-refractivity contribution is -0.120. The minimum Gasteiger partial charge on any atom is -0.352 e. The molecule has 8 heteroatoms. The average Bonchev–Trinajstić information content (AvgIpc) is 3.14. The summed E-state index contributed by atoms with van der Waals surface area (Å²) in [6.07, 6.45) is 3.35. The second-order valence-electron chi connectivity index (χ2n) is 7.25. The molecule has 1 fully saturated rings. The van der Waals surface area contributed by atoms with E-state index in [0.29, 0.717) is 12.2 Å². The minimum atomic E-state index is -3.17. The molecule has 1 aromatic carbocycles. The molecule has 1 aliphatic carbocycles. The summed E-state index contributed by atoms with van der Waals surface area (Å²) in [4.78, 5) is 23.6. The lowest BCUT2D eigenvalue weighted by atomic mass is 10.2. The minimum absolute atomic E-state index is 0.00611. The lowest BCUT2D eigenvalue weighted by Crippen LogP contribution is -2.34. The maximum atomic E-state index is 12.2. The van der Waals surface area contributed by atoms with Gasteiger partial charge in [0.15, 0.2) is 9.84 Å². The number of benzene rings is 1. The lowest BCUT2D eigenvalue weighted by Gasteiger charge is -2.12. The van der Waals surface area contributed by atoms with Gasteiger partial charge in [0, 0.05) is 24.7 Å². The third kappa shape index (κ3) is 7.21. The van der Waals surface area contributed by atoms with Gasteiger partial charge in [0.25, 0.3) is 0 Å². The molecule has 3 N–H and O–H groups in total. The molecule has 0 radical (unpaired) electrons. The van der Waals surface area contributed by atoms with Crippen molar-refractivity contribution in [1.29, 1.82) is 0 Å². The molecule has 1 saturated carbocycles. The first-order valence-corrected chi connectivity index (χ1v) is 11.1. The third-order valence-corrected chi connectivity index (χ3v) is 6.81. The van der Waals surface area contributed by atoms with Crippen LogP contribution < -0.4 is 16.0 Å². The second-order valence-corrected chi connectivity index (χ2v) is 9.65. The highest BCUT2D eigenvalue weighted by molar-refractivity contribution is 7.92. The fourth-order valence-corrected chi connectivity index (χ4v) is 4.93. The largest absolute Gasteiger partial charge is 0.352 e. The number of anilines is 1. The van der Waals surface area contributed by atoms with Gasteiger partial charge in [-0.05, 0) is 44.4 Å². The van der Waals surface area contributed by atoms with Crippen LogP contribution in [0.3, 0.4) is 0 Å². The summed E-state index contributed by atoms with van der Waals surface area (Å²) < 4.78 is 24.4. The highest BCUT2D eigenvalue weighted by atomic mass is 32.2. The van der Waals surface area contributed by atoms with E-state index < -0.39 is 9.84 Å². The van der Waals surface area contributed by atoms with Gasteiger partial charge < -0.3 is 16.0 Å². The molecule has 1 aliphatic rings. The fourth-order valence-electron chi connectivity index (χ4n) is 3.07. The van der Waals surface area contributed by atoms with Gasteiger partial charge in [-0.15, -0.1) is 0 Å². The average molecular weight is 396 g/mol. The standard InChI is InChI=1S/C19H29N3O4S/c1-14(2)21-19(24)22-16-9-7-15(8-10-16)13-20-18(23)11-12-27(25,26)17-5-3-4-6-17/h7-10,14,17H,3-6,11-13H2,1-2H3,(H,20,23)(H2,21,22,24). The van der Waals surface area contributed by atoms with E-state index in [1.54, 1.807) is 24.3 Å². The van der Waals surface area contributed by atoms with Gasteiger partial charge in [-0.25, -0.2) is 13.2 Å². The van der Waals surface area contributed by atoms with Crippen LogP contribution in [0.25, 0.3) is 0 Å². The Morgan fingerprint density at radius 3 is 2.33 bits per heavy atom. The maximum absolute atomic E-state index is 12.2. The molecule has 0 aromatic heterocycles. The number of amides is 3. The molecule has 0 bridgehead atoms. The van der Waals surface area contributed by atoms with Gasteiger partial charge in [0.2, 0.25) is 5.91 Å². The summed E-state index contributed by atoms with van der Waals surface area (Å²) in [7, 11) is -3.17. The zero-order chi connectivity index (χ0) is 19.9. The van der Waals surface area contributed by atoms with Crippen LogP contribution in [0.4, 0.5) is 10.5 Å². The van der Waals surface area contributed by atoms with Crippen LogP contribution in [0, 0.1) is 0 Å². The Morgan fingerprint density at radius 1 is 1.11 bits per heavy atom. The zero-order valence-corrected chi connectivity index (χ0v) is 16.8. The third-order valence-electron chi connectivity index (χ3n) is 4.54. The molecule has 2 rings (SSSR count). The molecule has 1 aromatic rings. The molecular formula is C19H29N3O4S. The predicted molar refractivity (Wildman–Crippen MR) is 106 cm³/mol. The van der Waals surface area contributed by atoms with E-state index in [2.05, 4.69) is 16.0 Å². The summed E-state index contributed by atoms with van der Waals surface area (Å²) in [5.41, 5.74) is 1.53. The fraction of sp³-hybridized carbons (Fsp3) is 0.579. The van der Waals surface area contributed by atoms with Crippen molar-refractivity contribution in [3.05, 3.63) is 29.8 Å². The number of hydrogen-bond donors (Lipinski definition) is 3. The van der Waals surface area contributed by atoms with Crippen molar-refractivity contribution >= 4 is 27.5 Å². The van der Waals surface area contributed by atoms with E-state index in [1.807, 2.05) is 13.8 Å². The van der Waals surface area contributed by atoms with Crippen LogP contribution in [0.5, 0.6) is 0 Å². The number of sulfone groups is 1. The molecule has 0 heterocycles. The van der Waals surface area contributed by atoms with Crippen LogP contribution in [-0.4, -0.2) is 37.4 Å². The zero-order valence-electron chi connectivity index (χ0n) is 16.0. The highest BCUT2D eigenvalue weighted by Gasteiger charge is 2.28. The van der Waals surface area contributed by atoms with Gasteiger partial charge in [-0.3, -0.25) is 4.79 Å². The quantitative estimate of drug-likeness (QED) is 0.629. The highest BCUT2D eigenvalue weighted by Crippen LogP contribution is 2.25. The summed E-state index contributed by atoms with van der Waals surface area (Å²) in [6.45, 7) is 4.08. The molecule has 0 atom stereocenters. The number of nitrogens with one attached hydrogen (secondary N) is 3. The molecule has 150 valence electrons. The van der Waals surface area contributed by atoms with Crippen molar-refractivity contribution in [1.82, 2.24) is 10.6 Å². The van der Waals surface area contributed by atoms with Crippen molar-refractivity contribution in [2.45, 2.75) is 63.8 Å². The Hall–Kier alpha value is -2.09. The van der Waals surface area contributed by atoms with E-state index in [0.717, 1.165) is 31.2 Å². The summed E-state index contributed by atoms with van der Waals surface area (Å²) in [5, 5.41) is 7.94. The van der Waals surface area contributed by atoms with Gasteiger partial charge in [-0.2, -0.15) is 0 Å². The SMILES string of the molecule is CC(C)NC(=O)Nc1ccc(CNC(=O)CCS(=O)(=O)C2CCCC2)cc1. The van der Waals surface area contributed by atoms with E-state index in [1.165, 1.54) is 0 Å². The van der Waals surface area contributed by atoms with Crippen LogP contribution >= 0.6 is 0 Å². The smallest absolute Gasteiger partial charge is 0.319 e. The Morgan fingerprint density at radius 2 is 1.74 bits per heavy atom. The van der Waals surface area contributed by atoms with Crippen molar-refractivity contribution < 1.29 is 18.0 Å². The first-order chi connectivity index (χ1) is 12.8. The first kappa shape index (κ1) is 21.2. The van der Waals surface area contributed by atoms with Crippen LogP contribution in [0.15, 0.2) is 24.3 Å². The van der Waals surface area contributed by atoms with E-state index in [4.69, 9.17) is 0 Å². The van der Waals surface area contributed by atoms with Gasteiger partial charge in [0.1, 0.15) is 0 Å². The monoisotopic (exact) mass is 395 g/mol. The number of carbonyl (C=O) groups is 2. The summed E-state index contributed by atoms with van der Waals surface area (Å²) in [5.74, 6) is -0.354. The first-order valence-electron chi connectivity index (χ1n) is 9.41. The molecule has 0 unspecified atom stereocenters. The second kappa shape index (κ2) is 9.73. The van der Waals surface area contributed by atoms with Crippen LogP contribution in [0.1, 0.15) is 51.5 Å². The van der Waals surface area contributed by atoms with Crippen molar-refractivity contribution in [3.63, 3.8) is 0 Å². The summed E-state index contributed by atoms with van der Waals surface area (Å²) in [6, 6.07) is 6.91. The van der Waals surface area contributed by atoms with E-state index >= 15 is 0 Å². The molecule has 3 amide bonds. The Balaban J connectivity index is 1.74. The molecule has 0 aliphatic heterocycles. The Kier molecular flexibility index (Phi) is 7.65. The molecule has 27 heavy (non-hydrogen) atoms. The number of hydrogen-bond acceptors (Lipinski definition) is 4. The molecule has 0 saturated heterocycles. The Labute approximate surface area is 161 Å². The predicted octanol–water partition coefficient (Wildman–Crippen LogP) is 2.58. The molecule has 0 spiro atoms. The topological polar surface area (TPSA) is 104 Å². The Bertz CT molecular complexity index is 739.